The first kappa shape index (κ1) is 28.0. The molecule has 0 spiro atoms. The molecule has 2 saturated heterocycles. The van der Waals surface area contributed by atoms with E-state index in [1.165, 1.54) is 18.1 Å². The van der Waals surface area contributed by atoms with Gasteiger partial charge >= 0.3 is 0 Å². The Hall–Kier alpha value is -3.85. The van der Waals surface area contributed by atoms with E-state index in [-0.39, 0.29) is 17.3 Å². The van der Waals surface area contributed by atoms with Gasteiger partial charge in [0.1, 0.15) is 11.6 Å². The van der Waals surface area contributed by atoms with E-state index in [1.807, 2.05) is 25.4 Å². The molecular weight excluding hydrogens is 541 g/mol. The summed E-state index contributed by atoms with van der Waals surface area (Å²) in [6.07, 6.45) is 16.8. The molecule has 0 bridgehead atoms. The van der Waals surface area contributed by atoms with Gasteiger partial charge in [0.15, 0.2) is 5.43 Å². The van der Waals surface area contributed by atoms with Crippen molar-refractivity contribution in [2.24, 2.45) is 0 Å². The molecule has 224 valence electrons. The van der Waals surface area contributed by atoms with E-state index in [0.717, 1.165) is 87.3 Å². The number of hydrogen-bond acceptors (Lipinski definition) is 7. The van der Waals surface area contributed by atoms with Crippen molar-refractivity contribution in [1.82, 2.24) is 24.4 Å². The van der Waals surface area contributed by atoms with Crippen LogP contribution in [-0.2, 0) is 13.1 Å². The van der Waals surface area contributed by atoms with Crippen LogP contribution in [0.25, 0.3) is 10.9 Å². The normalized spacial score (nSPS) is 19.4. The molecule has 0 radical (unpaired) electrons. The predicted octanol–water partition coefficient (Wildman–Crippen LogP) is 5.63. The molecule has 7 rings (SSSR count). The van der Waals surface area contributed by atoms with E-state index < -0.39 is 0 Å². The van der Waals surface area contributed by atoms with Gasteiger partial charge in [-0.05, 0) is 81.7 Å². The summed E-state index contributed by atoms with van der Waals surface area (Å²) < 4.78 is 17.9. The number of aromatic nitrogens is 4. The van der Waals surface area contributed by atoms with E-state index in [4.69, 9.17) is 0 Å². The number of pyridine rings is 2. The van der Waals surface area contributed by atoms with Crippen LogP contribution in [0.3, 0.4) is 0 Å². The summed E-state index contributed by atoms with van der Waals surface area (Å²) in [6, 6.07) is 8.21. The van der Waals surface area contributed by atoms with Crippen molar-refractivity contribution < 1.29 is 4.39 Å². The van der Waals surface area contributed by atoms with Crippen molar-refractivity contribution in [3.8, 4) is 0 Å². The summed E-state index contributed by atoms with van der Waals surface area (Å²) in [7, 11) is 0. The maximum absolute atomic E-state index is 15.6. The quantitative estimate of drug-likeness (QED) is 0.267. The molecule has 2 aliphatic heterocycles. The highest BCUT2D eigenvalue weighted by molar-refractivity contribution is 5.84. The van der Waals surface area contributed by atoms with E-state index in [1.54, 1.807) is 12.4 Å². The van der Waals surface area contributed by atoms with Gasteiger partial charge < -0.3 is 14.4 Å². The van der Waals surface area contributed by atoms with Gasteiger partial charge in [0.2, 0.25) is 0 Å². The Balaban J connectivity index is 1.25. The largest absolute Gasteiger partial charge is 0.369 e. The first-order valence-corrected chi connectivity index (χ1v) is 15.8. The number of nitrogens with zero attached hydrogens (tertiary/aromatic N) is 7. The van der Waals surface area contributed by atoms with Gasteiger partial charge in [-0.25, -0.2) is 9.37 Å². The molecule has 1 aromatic carbocycles. The Labute approximate surface area is 252 Å². The Morgan fingerprint density at radius 2 is 1.77 bits per heavy atom. The fourth-order valence-electron chi connectivity index (χ4n) is 6.95. The summed E-state index contributed by atoms with van der Waals surface area (Å²) in [6.45, 7) is 6.67. The van der Waals surface area contributed by atoms with Crippen molar-refractivity contribution in [3.63, 3.8) is 0 Å². The van der Waals surface area contributed by atoms with Gasteiger partial charge in [-0.1, -0.05) is 0 Å². The number of hydrogen-bond donors (Lipinski definition) is 0. The molecule has 9 heteroatoms. The number of rotatable bonds is 8. The number of anilines is 2. The van der Waals surface area contributed by atoms with Crippen LogP contribution < -0.4 is 15.2 Å². The highest BCUT2D eigenvalue weighted by Crippen LogP contribution is 2.38. The number of benzene rings is 1. The smallest absolute Gasteiger partial charge is 0.193 e. The summed E-state index contributed by atoms with van der Waals surface area (Å²) in [4.78, 5) is 34.2. The lowest BCUT2D eigenvalue weighted by atomic mass is 10.0. The van der Waals surface area contributed by atoms with E-state index in [9.17, 15) is 4.79 Å². The van der Waals surface area contributed by atoms with Crippen LogP contribution in [0.1, 0.15) is 67.8 Å². The molecule has 5 heterocycles. The van der Waals surface area contributed by atoms with E-state index >= 15 is 4.39 Å². The first-order valence-electron chi connectivity index (χ1n) is 15.8. The first-order chi connectivity index (χ1) is 21.0. The van der Waals surface area contributed by atoms with Crippen LogP contribution in [0.15, 0.2) is 60.0 Å². The zero-order valence-electron chi connectivity index (χ0n) is 25.0. The molecule has 1 saturated carbocycles. The molecule has 0 N–H and O–H groups in total. The number of piperidine rings is 2. The summed E-state index contributed by atoms with van der Waals surface area (Å²) >= 11 is 0. The lowest BCUT2D eigenvalue weighted by Gasteiger charge is -2.40. The molecule has 3 aromatic heterocycles. The van der Waals surface area contributed by atoms with Crippen molar-refractivity contribution in [2.75, 3.05) is 36.0 Å². The highest BCUT2D eigenvalue weighted by atomic mass is 19.1. The lowest BCUT2D eigenvalue weighted by molar-refractivity contribution is 0.158. The SMILES string of the molecule is Cc1cc(CN(Cc2cn(C3CC3)c3cc(N4CCCCC4)c(F)cc3c2=O)[C@H]2CCCN(c3cnccn3)C2)ccn1. The van der Waals surface area contributed by atoms with Crippen LogP contribution in [0, 0.1) is 12.7 Å². The molecule has 4 aromatic rings. The predicted molar refractivity (Wildman–Crippen MR) is 168 cm³/mol. The molecule has 1 atom stereocenters. The molecule has 3 aliphatic rings. The Kier molecular flexibility index (Phi) is 7.82. The van der Waals surface area contributed by atoms with E-state index in [0.29, 0.717) is 30.2 Å². The Morgan fingerprint density at radius 3 is 2.53 bits per heavy atom. The highest BCUT2D eigenvalue weighted by Gasteiger charge is 2.30. The second-order valence-corrected chi connectivity index (χ2v) is 12.5. The summed E-state index contributed by atoms with van der Waals surface area (Å²) in [5.74, 6) is 0.593. The molecule has 1 aliphatic carbocycles. The fourth-order valence-corrected chi connectivity index (χ4v) is 6.95. The van der Waals surface area contributed by atoms with Crippen molar-refractivity contribution in [2.45, 2.75) is 77.0 Å². The van der Waals surface area contributed by atoms with Gasteiger partial charge in [0.25, 0.3) is 0 Å². The minimum Gasteiger partial charge on any atom is -0.369 e. The topological polar surface area (TPSA) is 70.4 Å². The van der Waals surface area contributed by atoms with Crippen molar-refractivity contribution in [3.05, 3.63) is 88.1 Å². The lowest BCUT2D eigenvalue weighted by Crippen LogP contribution is -2.48. The zero-order chi connectivity index (χ0) is 29.3. The molecular formula is C34H40FN7O. The third-order valence-corrected chi connectivity index (χ3v) is 9.32. The summed E-state index contributed by atoms with van der Waals surface area (Å²) in [5.41, 5.74) is 4.31. The minimum atomic E-state index is -0.290. The fraction of sp³-hybridized carbons (Fsp3) is 0.471. The number of fused-ring (bicyclic) bond motifs is 1. The number of halogens is 1. The number of aryl methyl sites for hydroxylation is 1. The summed E-state index contributed by atoms with van der Waals surface area (Å²) in [5, 5.41) is 0.493. The maximum atomic E-state index is 15.6. The second kappa shape index (κ2) is 12.0. The van der Waals surface area contributed by atoms with Crippen LogP contribution >= 0.6 is 0 Å². The van der Waals surface area contributed by atoms with E-state index in [2.05, 4.69) is 52.5 Å². The van der Waals surface area contributed by atoms with Crippen LogP contribution in [0.2, 0.25) is 0 Å². The van der Waals surface area contributed by atoms with Crippen molar-refractivity contribution in [1.29, 1.82) is 0 Å². The molecule has 0 unspecified atom stereocenters. The van der Waals surface area contributed by atoms with Crippen LogP contribution in [0.4, 0.5) is 15.9 Å². The van der Waals surface area contributed by atoms with Crippen LogP contribution in [0.5, 0.6) is 0 Å². The van der Waals surface area contributed by atoms with Gasteiger partial charge in [0, 0.05) is 92.8 Å². The zero-order valence-corrected chi connectivity index (χ0v) is 25.0. The Morgan fingerprint density at radius 1 is 0.930 bits per heavy atom. The average Bonchev–Trinajstić information content (AvgIpc) is 3.89. The third-order valence-electron chi connectivity index (χ3n) is 9.32. The molecule has 43 heavy (non-hydrogen) atoms. The van der Waals surface area contributed by atoms with Gasteiger partial charge in [-0.2, -0.15) is 0 Å². The third kappa shape index (κ3) is 6.00. The van der Waals surface area contributed by atoms with Crippen LogP contribution in [-0.4, -0.2) is 56.6 Å². The van der Waals surface area contributed by atoms with Gasteiger partial charge in [0.05, 0.1) is 17.4 Å². The minimum absolute atomic E-state index is 0.0616. The molecule has 0 amide bonds. The monoisotopic (exact) mass is 581 g/mol. The second-order valence-electron chi connectivity index (χ2n) is 12.5. The average molecular weight is 582 g/mol. The van der Waals surface area contributed by atoms with Crippen molar-refractivity contribution >= 4 is 22.4 Å². The van der Waals surface area contributed by atoms with Gasteiger partial charge in [-0.15, -0.1) is 0 Å². The van der Waals surface area contributed by atoms with Gasteiger partial charge in [-0.3, -0.25) is 19.7 Å². The molecule has 3 fully saturated rings. The standard InChI is InChI=1S/C34H40FN7O/c1-24-16-25(9-10-37-24)20-41(28-6-5-15-40(23-28)33-19-36-11-12-38-33)21-26-22-42(27-7-8-27)31-18-32(39-13-3-2-4-14-39)30(35)17-29(31)34(26)43/h9-12,16-19,22,27-28H,2-8,13-15,20-21,23H2,1H3/t28-/m0/s1. The Bertz CT molecular complexity index is 1650. The maximum Gasteiger partial charge on any atom is 0.193 e. The molecule has 8 nitrogen and oxygen atoms in total.